The molecule has 3 heterocycles. The van der Waals surface area contributed by atoms with Gasteiger partial charge in [0.05, 0.1) is 22.5 Å². The molecule has 8 heteroatoms. The summed E-state index contributed by atoms with van der Waals surface area (Å²) in [5, 5.41) is 12.1. The Balaban J connectivity index is 1.43. The van der Waals surface area contributed by atoms with E-state index in [1.807, 2.05) is 43.3 Å². The van der Waals surface area contributed by atoms with Gasteiger partial charge in [0, 0.05) is 23.5 Å². The van der Waals surface area contributed by atoms with Crippen LogP contribution in [0.25, 0.3) is 22.4 Å². The van der Waals surface area contributed by atoms with Gasteiger partial charge in [-0.2, -0.15) is 0 Å². The molecule has 0 atom stereocenters. The van der Waals surface area contributed by atoms with Crippen molar-refractivity contribution in [3.63, 3.8) is 0 Å². The minimum atomic E-state index is -0.156. The zero-order valence-corrected chi connectivity index (χ0v) is 15.2. The fourth-order valence-electron chi connectivity index (χ4n) is 2.60. The van der Waals surface area contributed by atoms with Crippen LogP contribution in [-0.2, 0) is 4.79 Å². The number of aryl methyl sites for hydroxylation is 1. The minimum Gasteiger partial charge on any atom is -0.411 e. The number of carbonyl (C=O) groups excluding carboxylic acids is 1. The van der Waals surface area contributed by atoms with Crippen LogP contribution < -0.4 is 5.32 Å². The first-order valence-electron chi connectivity index (χ1n) is 8.22. The molecule has 1 amide bonds. The van der Waals surface area contributed by atoms with Crippen LogP contribution in [0.2, 0.25) is 0 Å². The number of carbonyl (C=O) groups is 1. The van der Waals surface area contributed by atoms with Crippen molar-refractivity contribution in [3.8, 4) is 11.5 Å². The van der Waals surface area contributed by atoms with Gasteiger partial charge >= 0.3 is 0 Å². The van der Waals surface area contributed by atoms with Crippen LogP contribution in [-0.4, -0.2) is 31.8 Å². The van der Waals surface area contributed by atoms with Gasteiger partial charge in [-0.1, -0.05) is 30.0 Å². The lowest BCUT2D eigenvalue weighted by molar-refractivity contribution is -0.113. The predicted octanol–water partition coefficient (Wildman–Crippen LogP) is 3.72. The highest BCUT2D eigenvalue weighted by atomic mass is 32.2. The number of nitrogens with one attached hydrogen (secondary N) is 1. The molecular formula is C19H15N5O2S. The normalized spacial score (nSPS) is 10.9. The summed E-state index contributed by atoms with van der Waals surface area (Å²) < 4.78 is 5.57. The fraction of sp³-hybridized carbons (Fsp3) is 0.105. The lowest BCUT2D eigenvalue weighted by atomic mass is 10.1. The van der Waals surface area contributed by atoms with E-state index in [0.717, 1.165) is 27.8 Å². The van der Waals surface area contributed by atoms with E-state index in [4.69, 9.17) is 4.42 Å². The van der Waals surface area contributed by atoms with E-state index in [1.54, 1.807) is 18.5 Å². The number of aromatic nitrogens is 4. The van der Waals surface area contributed by atoms with E-state index in [1.165, 1.54) is 11.8 Å². The number of amides is 1. The maximum absolute atomic E-state index is 12.4. The Hall–Kier alpha value is -3.26. The van der Waals surface area contributed by atoms with E-state index in [9.17, 15) is 4.79 Å². The summed E-state index contributed by atoms with van der Waals surface area (Å²) in [5.74, 6) is 0.378. The highest BCUT2D eigenvalue weighted by Gasteiger charge is 2.12. The van der Waals surface area contributed by atoms with Crippen LogP contribution in [0.3, 0.4) is 0 Å². The molecule has 0 unspecified atom stereocenters. The van der Waals surface area contributed by atoms with Gasteiger partial charge in [-0.15, -0.1) is 10.2 Å². The third-order valence-corrected chi connectivity index (χ3v) is 4.58. The van der Waals surface area contributed by atoms with Crippen LogP contribution in [0, 0.1) is 6.92 Å². The number of pyridine rings is 2. The third kappa shape index (κ3) is 3.95. The van der Waals surface area contributed by atoms with Crippen molar-refractivity contribution in [3.05, 3.63) is 60.6 Å². The molecule has 0 fully saturated rings. The summed E-state index contributed by atoms with van der Waals surface area (Å²) in [4.78, 5) is 20.9. The number of rotatable bonds is 5. The molecule has 134 valence electrons. The zero-order valence-electron chi connectivity index (χ0n) is 14.4. The Labute approximate surface area is 159 Å². The van der Waals surface area contributed by atoms with Gasteiger partial charge in [0.1, 0.15) is 0 Å². The van der Waals surface area contributed by atoms with Crippen molar-refractivity contribution in [1.82, 2.24) is 20.2 Å². The number of thioether (sulfide) groups is 1. The van der Waals surface area contributed by atoms with Crippen LogP contribution in [0.5, 0.6) is 0 Å². The molecule has 4 aromatic rings. The number of hydrogen-bond acceptors (Lipinski definition) is 7. The molecule has 0 aliphatic rings. The summed E-state index contributed by atoms with van der Waals surface area (Å²) in [7, 11) is 0. The van der Waals surface area contributed by atoms with Gasteiger partial charge in [-0.3, -0.25) is 14.8 Å². The fourth-order valence-corrected chi connectivity index (χ4v) is 3.16. The van der Waals surface area contributed by atoms with Crippen LogP contribution >= 0.6 is 11.8 Å². The number of para-hydroxylation sites is 1. The van der Waals surface area contributed by atoms with E-state index >= 15 is 0 Å². The maximum Gasteiger partial charge on any atom is 0.277 e. The van der Waals surface area contributed by atoms with Gasteiger partial charge in [-0.05, 0) is 31.2 Å². The van der Waals surface area contributed by atoms with E-state index in [-0.39, 0.29) is 11.7 Å². The van der Waals surface area contributed by atoms with Crippen LogP contribution in [0.4, 0.5) is 5.69 Å². The van der Waals surface area contributed by atoms with Gasteiger partial charge in [0.2, 0.25) is 11.8 Å². The highest BCUT2D eigenvalue weighted by Crippen LogP contribution is 2.25. The summed E-state index contributed by atoms with van der Waals surface area (Å²) >= 11 is 1.18. The van der Waals surface area contributed by atoms with Crippen molar-refractivity contribution < 1.29 is 9.21 Å². The Morgan fingerprint density at radius 1 is 1.19 bits per heavy atom. The zero-order chi connectivity index (χ0) is 18.6. The van der Waals surface area contributed by atoms with Crippen molar-refractivity contribution in [2.24, 2.45) is 0 Å². The summed E-state index contributed by atoms with van der Waals surface area (Å²) in [6.07, 6.45) is 3.32. The minimum absolute atomic E-state index is 0.156. The topological polar surface area (TPSA) is 93.8 Å². The highest BCUT2D eigenvalue weighted by molar-refractivity contribution is 7.99. The van der Waals surface area contributed by atoms with Crippen molar-refractivity contribution in [1.29, 1.82) is 0 Å². The first kappa shape index (κ1) is 17.2. The SMILES string of the molecule is Cc1cc(NC(=O)CSc2nnc(-c3cccnc3)o2)c2ccccc2n1. The summed E-state index contributed by atoms with van der Waals surface area (Å²) in [6.45, 7) is 1.90. The number of benzene rings is 1. The van der Waals surface area contributed by atoms with Crippen molar-refractivity contribution >= 4 is 34.3 Å². The molecular weight excluding hydrogens is 362 g/mol. The molecule has 27 heavy (non-hydrogen) atoms. The molecule has 1 aromatic carbocycles. The maximum atomic E-state index is 12.4. The van der Waals surface area contributed by atoms with E-state index in [2.05, 4.69) is 25.5 Å². The standard InChI is InChI=1S/C19H15N5O2S/c1-12-9-16(14-6-2-3-7-15(14)21-12)22-17(25)11-27-19-24-23-18(26-19)13-5-4-8-20-10-13/h2-10H,11H2,1H3,(H,21,22,25). The van der Waals surface area contributed by atoms with Gasteiger partial charge in [-0.25, -0.2) is 0 Å². The summed E-state index contributed by atoms with van der Waals surface area (Å²) in [5.41, 5.74) is 3.17. The molecule has 0 saturated heterocycles. The van der Waals surface area contributed by atoms with Gasteiger partial charge in [0.15, 0.2) is 0 Å². The van der Waals surface area contributed by atoms with Crippen LogP contribution in [0.15, 0.2) is 64.5 Å². The predicted molar refractivity (Wildman–Crippen MR) is 103 cm³/mol. The first-order chi connectivity index (χ1) is 13.2. The third-order valence-electron chi connectivity index (χ3n) is 3.76. The second-order valence-corrected chi connectivity index (χ2v) is 6.71. The largest absolute Gasteiger partial charge is 0.411 e. The van der Waals surface area contributed by atoms with Crippen LogP contribution in [0.1, 0.15) is 5.69 Å². The Morgan fingerprint density at radius 3 is 2.93 bits per heavy atom. The lowest BCUT2D eigenvalue weighted by Crippen LogP contribution is -2.14. The van der Waals surface area contributed by atoms with Crippen molar-refractivity contribution in [2.45, 2.75) is 12.1 Å². The second-order valence-electron chi connectivity index (χ2n) is 5.78. The number of anilines is 1. The Bertz CT molecular complexity index is 1100. The Kier molecular flexibility index (Phi) is 4.80. The number of nitrogens with zero attached hydrogens (tertiary/aromatic N) is 4. The number of hydrogen-bond donors (Lipinski definition) is 1. The molecule has 0 bridgehead atoms. The monoisotopic (exact) mass is 377 g/mol. The average molecular weight is 377 g/mol. The van der Waals surface area contributed by atoms with E-state index < -0.39 is 0 Å². The van der Waals surface area contributed by atoms with Crippen molar-refractivity contribution in [2.75, 3.05) is 11.1 Å². The summed E-state index contributed by atoms with van der Waals surface area (Å²) in [6, 6.07) is 13.2. The molecule has 3 aromatic heterocycles. The molecule has 0 aliphatic carbocycles. The first-order valence-corrected chi connectivity index (χ1v) is 9.20. The van der Waals surface area contributed by atoms with Gasteiger partial charge < -0.3 is 9.73 Å². The smallest absolute Gasteiger partial charge is 0.277 e. The molecule has 4 rings (SSSR count). The molecule has 0 aliphatic heterocycles. The molecule has 7 nitrogen and oxygen atoms in total. The quantitative estimate of drug-likeness (QED) is 0.530. The molecule has 1 N–H and O–H groups in total. The molecule has 0 radical (unpaired) electrons. The molecule has 0 spiro atoms. The van der Waals surface area contributed by atoms with E-state index in [0.29, 0.717) is 11.1 Å². The number of fused-ring (bicyclic) bond motifs is 1. The second kappa shape index (κ2) is 7.55. The average Bonchev–Trinajstić information content (AvgIpc) is 3.16. The van der Waals surface area contributed by atoms with Gasteiger partial charge in [0.25, 0.3) is 5.22 Å². The Morgan fingerprint density at radius 2 is 2.07 bits per heavy atom. The molecule has 0 saturated carbocycles. The lowest BCUT2D eigenvalue weighted by Gasteiger charge is -2.09.